The van der Waals surface area contributed by atoms with Crippen molar-refractivity contribution in [3.63, 3.8) is 0 Å². The highest BCUT2D eigenvalue weighted by atomic mass is 35.5. The van der Waals surface area contributed by atoms with Gasteiger partial charge in [0.05, 0.1) is 5.56 Å². The summed E-state index contributed by atoms with van der Waals surface area (Å²) in [5, 5.41) is 7.06. The maximum atomic E-state index is 13.0. The number of hydrogen-bond acceptors (Lipinski definition) is 3. The number of rotatable bonds is 4. The standard InChI is InChI=1S/C19H21ClN2O2S/c1-2-16(23)22-19-17(14-9-4-3-5-10-15(14)25-19)18(24)21-13-8-6-7-12(20)11-13/h6-8,11H,2-5,9-10H2,1H3,(H,21,24)(H,22,23). The number of hydrogen-bond donors (Lipinski definition) is 2. The van der Waals surface area contributed by atoms with Gasteiger partial charge in [-0.1, -0.05) is 31.0 Å². The maximum Gasteiger partial charge on any atom is 0.258 e. The van der Waals surface area contributed by atoms with E-state index in [1.807, 2.05) is 0 Å². The van der Waals surface area contributed by atoms with Gasteiger partial charge >= 0.3 is 0 Å². The Balaban J connectivity index is 1.95. The molecule has 25 heavy (non-hydrogen) atoms. The molecule has 0 spiro atoms. The van der Waals surface area contributed by atoms with Crippen LogP contribution in [0.15, 0.2) is 24.3 Å². The summed E-state index contributed by atoms with van der Waals surface area (Å²) in [6, 6.07) is 7.08. The predicted molar refractivity (Wildman–Crippen MR) is 104 cm³/mol. The summed E-state index contributed by atoms with van der Waals surface area (Å²) >= 11 is 7.54. The van der Waals surface area contributed by atoms with E-state index in [9.17, 15) is 9.59 Å². The quantitative estimate of drug-likeness (QED) is 0.714. The summed E-state index contributed by atoms with van der Waals surface area (Å²) in [5.41, 5.74) is 2.36. The third-order valence-electron chi connectivity index (χ3n) is 4.30. The van der Waals surface area contributed by atoms with Crippen molar-refractivity contribution in [3.05, 3.63) is 45.3 Å². The van der Waals surface area contributed by atoms with Crippen molar-refractivity contribution >= 4 is 45.4 Å². The number of aryl methyl sites for hydroxylation is 1. The minimum Gasteiger partial charge on any atom is -0.322 e. The van der Waals surface area contributed by atoms with Crippen LogP contribution in [-0.4, -0.2) is 11.8 Å². The van der Waals surface area contributed by atoms with Crippen molar-refractivity contribution in [1.29, 1.82) is 0 Å². The SMILES string of the molecule is CCC(=O)Nc1sc2c(c1C(=O)Nc1cccc(Cl)c1)CCCCC2. The van der Waals surface area contributed by atoms with Crippen LogP contribution in [0.2, 0.25) is 5.02 Å². The Hall–Kier alpha value is -1.85. The number of anilines is 2. The fourth-order valence-electron chi connectivity index (χ4n) is 3.05. The molecule has 132 valence electrons. The number of thiophene rings is 1. The van der Waals surface area contributed by atoms with E-state index in [0.717, 1.165) is 31.2 Å². The van der Waals surface area contributed by atoms with E-state index in [0.29, 0.717) is 27.7 Å². The maximum absolute atomic E-state index is 13.0. The molecule has 6 heteroatoms. The Labute approximate surface area is 156 Å². The van der Waals surface area contributed by atoms with Crippen molar-refractivity contribution in [2.24, 2.45) is 0 Å². The lowest BCUT2D eigenvalue weighted by Gasteiger charge is -2.10. The van der Waals surface area contributed by atoms with Crippen molar-refractivity contribution in [1.82, 2.24) is 0 Å². The van der Waals surface area contributed by atoms with Crippen LogP contribution in [0.1, 0.15) is 53.4 Å². The lowest BCUT2D eigenvalue weighted by Crippen LogP contribution is -2.17. The normalized spacial score (nSPS) is 13.7. The van der Waals surface area contributed by atoms with Crippen LogP contribution in [0.25, 0.3) is 0 Å². The van der Waals surface area contributed by atoms with Gasteiger partial charge < -0.3 is 10.6 Å². The number of fused-ring (bicyclic) bond motifs is 1. The lowest BCUT2D eigenvalue weighted by atomic mass is 10.0. The number of amides is 2. The largest absolute Gasteiger partial charge is 0.322 e. The first-order valence-corrected chi connectivity index (χ1v) is 9.79. The fraction of sp³-hybridized carbons (Fsp3) is 0.368. The summed E-state index contributed by atoms with van der Waals surface area (Å²) in [4.78, 5) is 26.1. The number of nitrogens with one attached hydrogen (secondary N) is 2. The smallest absolute Gasteiger partial charge is 0.258 e. The first-order valence-electron chi connectivity index (χ1n) is 8.59. The molecule has 0 atom stereocenters. The molecule has 0 radical (unpaired) electrons. The average Bonchev–Trinajstić information content (AvgIpc) is 2.75. The van der Waals surface area contributed by atoms with Gasteiger partial charge in [0.1, 0.15) is 5.00 Å². The Morgan fingerprint density at radius 3 is 2.72 bits per heavy atom. The molecule has 2 aromatic rings. The third-order valence-corrected chi connectivity index (χ3v) is 5.75. The van der Waals surface area contributed by atoms with Crippen molar-refractivity contribution in [3.8, 4) is 0 Å². The molecule has 3 rings (SSSR count). The molecule has 4 nitrogen and oxygen atoms in total. The van der Waals surface area contributed by atoms with E-state index in [4.69, 9.17) is 11.6 Å². The van der Waals surface area contributed by atoms with Gasteiger partial charge in [-0.05, 0) is 49.4 Å². The zero-order valence-electron chi connectivity index (χ0n) is 14.2. The van der Waals surface area contributed by atoms with Gasteiger partial charge in [0.2, 0.25) is 5.91 Å². The first-order chi connectivity index (χ1) is 12.1. The summed E-state index contributed by atoms with van der Waals surface area (Å²) in [5.74, 6) is -0.263. The van der Waals surface area contributed by atoms with Crippen LogP contribution in [0.3, 0.4) is 0 Å². The number of halogens is 1. The Morgan fingerprint density at radius 1 is 1.16 bits per heavy atom. The Morgan fingerprint density at radius 2 is 1.96 bits per heavy atom. The van der Waals surface area contributed by atoms with Crippen molar-refractivity contribution < 1.29 is 9.59 Å². The lowest BCUT2D eigenvalue weighted by molar-refractivity contribution is -0.115. The molecule has 0 saturated heterocycles. The van der Waals surface area contributed by atoms with Crippen molar-refractivity contribution in [2.75, 3.05) is 10.6 Å². The Bertz CT molecular complexity index is 801. The Kier molecular flexibility index (Phi) is 5.76. The zero-order chi connectivity index (χ0) is 17.8. The van der Waals surface area contributed by atoms with E-state index >= 15 is 0 Å². The number of carbonyl (C=O) groups is 2. The number of carbonyl (C=O) groups excluding carboxylic acids is 2. The van der Waals surface area contributed by atoms with Crippen LogP contribution < -0.4 is 10.6 Å². The highest BCUT2D eigenvalue weighted by molar-refractivity contribution is 7.17. The molecule has 1 aliphatic carbocycles. The van der Waals surface area contributed by atoms with E-state index in [1.54, 1.807) is 42.5 Å². The molecular weight excluding hydrogens is 356 g/mol. The second-order valence-corrected chi connectivity index (χ2v) is 7.68. The third kappa shape index (κ3) is 4.22. The van der Waals surface area contributed by atoms with Gasteiger partial charge in [0.15, 0.2) is 0 Å². The second kappa shape index (κ2) is 8.02. The van der Waals surface area contributed by atoms with Gasteiger partial charge in [0, 0.05) is 22.0 Å². The molecule has 0 bridgehead atoms. The molecule has 0 fully saturated rings. The molecule has 1 heterocycles. The van der Waals surface area contributed by atoms with Crippen LogP contribution in [-0.2, 0) is 17.6 Å². The second-order valence-electron chi connectivity index (χ2n) is 6.13. The minimum atomic E-state index is -0.187. The monoisotopic (exact) mass is 376 g/mol. The summed E-state index contributed by atoms with van der Waals surface area (Å²) < 4.78 is 0. The topological polar surface area (TPSA) is 58.2 Å². The number of benzene rings is 1. The summed E-state index contributed by atoms with van der Waals surface area (Å²) in [7, 11) is 0. The van der Waals surface area contributed by atoms with Gasteiger partial charge in [-0.25, -0.2) is 0 Å². The van der Waals surface area contributed by atoms with Crippen LogP contribution in [0.4, 0.5) is 10.7 Å². The molecule has 2 amide bonds. The van der Waals surface area contributed by atoms with Gasteiger partial charge in [-0.15, -0.1) is 11.3 Å². The van der Waals surface area contributed by atoms with Crippen LogP contribution in [0.5, 0.6) is 0 Å². The highest BCUT2D eigenvalue weighted by Crippen LogP contribution is 2.38. The molecule has 1 aromatic carbocycles. The van der Waals surface area contributed by atoms with E-state index in [2.05, 4.69) is 10.6 Å². The van der Waals surface area contributed by atoms with Gasteiger partial charge in [-0.3, -0.25) is 9.59 Å². The molecule has 0 aliphatic heterocycles. The molecular formula is C19H21ClN2O2S. The van der Waals surface area contributed by atoms with E-state index in [1.165, 1.54) is 11.3 Å². The summed E-state index contributed by atoms with van der Waals surface area (Å²) in [6.07, 6.45) is 5.61. The molecule has 2 N–H and O–H groups in total. The molecule has 0 unspecified atom stereocenters. The van der Waals surface area contributed by atoms with E-state index in [-0.39, 0.29) is 11.8 Å². The van der Waals surface area contributed by atoms with Gasteiger partial charge in [-0.2, -0.15) is 0 Å². The minimum absolute atomic E-state index is 0.0757. The van der Waals surface area contributed by atoms with Gasteiger partial charge in [0.25, 0.3) is 5.91 Å². The fourth-order valence-corrected chi connectivity index (χ4v) is 4.54. The average molecular weight is 377 g/mol. The van der Waals surface area contributed by atoms with Crippen LogP contribution >= 0.6 is 22.9 Å². The zero-order valence-corrected chi connectivity index (χ0v) is 15.7. The van der Waals surface area contributed by atoms with E-state index < -0.39 is 0 Å². The molecule has 0 saturated carbocycles. The van der Waals surface area contributed by atoms with Crippen molar-refractivity contribution in [2.45, 2.75) is 45.4 Å². The first kappa shape index (κ1) is 18.0. The summed E-state index contributed by atoms with van der Waals surface area (Å²) in [6.45, 7) is 1.81. The van der Waals surface area contributed by atoms with Crippen LogP contribution in [0, 0.1) is 0 Å². The predicted octanol–water partition coefficient (Wildman–Crippen LogP) is 5.27. The molecule has 1 aromatic heterocycles. The highest BCUT2D eigenvalue weighted by Gasteiger charge is 2.25. The molecule has 1 aliphatic rings.